The van der Waals surface area contributed by atoms with Crippen molar-refractivity contribution in [1.29, 1.82) is 0 Å². The highest BCUT2D eigenvalue weighted by Gasteiger charge is 2.34. The first-order chi connectivity index (χ1) is 21.5. The smallest absolute Gasteiger partial charge is 0.249 e. The van der Waals surface area contributed by atoms with Crippen LogP contribution in [0.15, 0.2) is 72.8 Å². The number of anilines is 2. The largest absolute Gasteiger partial charge is 0.378 e. The van der Waals surface area contributed by atoms with E-state index in [-0.39, 0.29) is 30.2 Å². The number of ketones is 1. The molecule has 4 aromatic rings. The lowest BCUT2D eigenvalue weighted by Gasteiger charge is -2.33. The highest BCUT2D eigenvalue weighted by Crippen LogP contribution is 2.31. The molecule has 2 aliphatic heterocycles. The summed E-state index contributed by atoms with van der Waals surface area (Å²) in [4.78, 5) is 44.2. The number of hydrogen-bond acceptors (Lipinski definition) is 8. The number of rotatable bonds is 10. The van der Waals surface area contributed by atoms with Crippen LogP contribution in [0.1, 0.15) is 41.7 Å². The predicted octanol–water partition coefficient (Wildman–Crippen LogP) is 3.54. The van der Waals surface area contributed by atoms with Crippen molar-refractivity contribution in [3.8, 4) is 0 Å². The van der Waals surface area contributed by atoms with E-state index in [1.165, 1.54) is 16.5 Å². The fraction of sp³-hybridized carbons (Fsp3) is 0.364. The maximum atomic E-state index is 14.3. The number of nitrogens with zero attached hydrogens (tertiary/aromatic N) is 5. The molecule has 2 aliphatic rings. The zero-order valence-electron chi connectivity index (χ0n) is 24.7. The van der Waals surface area contributed by atoms with Gasteiger partial charge in [0.1, 0.15) is 18.1 Å². The van der Waals surface area contributed by atoms with Crippen LogP contribution in [0.3, 0.4) is 0 Å². The van der Waals surface area contributed by atoms with Crippen LogP contribution in [-0.2, 0) is 25.6 Å². The number of benzene rings is 3. The molecule has 2 atom stereocenters. The summed E-state index contributed by atoms with van der Waals surface area (Å²) < 4.78 is 12.8. The molecular weight excluding hydrogens is 560 g/mol. The van der Waals surface area contributed by atoms with Gasteiger partial charge in [-0.05, 0) is 73.9 Å². The molecule has 0 radical (unpaired) electrons. The fourth-order valence-electron chi connectivity index (χ4n) is 5.76. The van der Waals surface area contributed by atoms with E-state index in [0.717, 1.165) is 31.6 Å². The number of amides is 2. The van der Waals surface area contributed by atoms with Gasteiger partial charge in [0.05, 0.1) is 24.8 Å². The van der Waals surface area contributed by atoms with Crippen molar-refractivity contribution >= 4 is 40.0 Å². The van der Waals surface area contributed by atoms with Gasteiger partial charge in [-0.3, -0.25) is 19.3 Å². The van der Waals surface area contributed by atoms with Crippen molar-refractivity contribution in [1.82, 2.24) is 20.3 Å². The van der Waals surface area contributed by atoms with Crippen LogP contribution >= 0.6 is 0 Å². The molecule has 3 heterocycles. The Hall–Kier alpha value is -4.61. The first-order valence-electron chi connectivity index (χ1n) is 15.0. The van der Waals surface area contributed by atoms with Crippen LogP contribution in [0, 0.1) is 0 Å². The molecule has 2 fully saturated rings. The summed E-state index contributed by atoms with van der Waals surface area (Å²) in [6.45, 7) is 5.25. The molecule has 11 nitrogen and oxygen atoms in total. The highest BCUT2D eigenvalue weighted by atomic mass is 16.5. The molecule has 0 bridgehead atoms. The minimum atomic E-state index is -0.999. The number of hydrogen-bond donors (Lipinski definition) is 1. The first-order valence-corrected chi connectivity index (χ1v) is 15.0. The Bertz CT molecular complexity index is 1610. The second-order valence-electron chi connectivity index (χ2n) is 11.1. The summed E-state index contributed by atoms with van der Waals surface area (Å²) in [6, 6.07) is 20.9. The van der Waals surface area contributed by atoms with Gasteiger partial charge < -0.3 is 19.7 Å². The lowest BCUT2D eigenvalue weighted by molar-refractivity contribution is -0.127. The number of aromatic nitrogens is 3. The summed E-state index contributed by atoms with van der Waals surface area (Å²) in [7, 11) is 0. The second kappa shape index (κ2) is 13.4. The van der Waals surface area contributed by atoms with Crippen molar-refractivity contribution in [2.24, 2.45) is 0 Å². The average molecular weight is 597 g/mol. The second-order valence-corrected chi connectivity index (χ2v) is 11.1. The van der Waals surface area contributed by atoms with Crippen molar-refractivity contribution in [3.63, 3.8) is 0 Å². The van der Waals surface area contributed by atoms with Gasteiger partial charge in [0.25, 0.3) is 0 Å². The quantitative estimate of drug-likeness (QED) is 0.276. The molecule has 0 unspecified atom stereocenters. The van der Waals surface area contributed by atoms with Gasteiger partial charge in [-0.25, -0.2) is 4.68 Å². The molecule has 44 heavy (non-hydrogen) atoms. The van der Waals surface area contributed by atoms with Crippen molar-refractivity contribution < 1.29 is 23.9 Å². The zero-order valence-corrected chi connectivity index (χ0v) is 24.7. The number of fused-ring (bicyclic) bond motifs is 1. The van der Waals surface area contributed by atoms with E-state index in [1.54, 1.807) is 24.3 Å². The summed E-state index contributed by atoms with van der Waals surface area (Å²) >= 11 is 0. The van der Waals surface area contributed by atoms with Gasteiger partial charge in [-0.1, -0.05) is 29.5 Å². The number of morpholine rings is 1. The Kier molecular flexibility index (Phi) is 8.94. The van der Waals surface area contributed by atoms with Crippen LogP contribution in [0.5, 0.6) is 0 Å². The van der Waals surface area contributed by atoms with Gasteiger partial charge in [0.2, 0.25) is 11.8 Å². The Balaban J connectivity index is 1.38. The van der Waals surface area contributed by atoms with Gasteiger partial charge in [0.15, 0.2) is 5.78 Å². The van der Waals surface area contributed by atoms with Crippen LogP contribution < -0.4 is 15.1 Å². The van der Waals surface area contributed by atoms with Crippen LogP contribution in [0.4, 0.5) is 11.4 Å². The third-order valence-corrected chi connectivity index (χ3v) is 8.15. The van der Waals surface area contributed by atoms with Crippen molar-refractivity contribution in [3.05, 3.63) is 83.9 Å². The SMILES string of the molecule is CC(=O)c1ccc(N(C(=O)Cn2nnc3ccccc32)[C@@H](C(=O)NC[C@H]2CCCO2)c2ccc(N3CCOCC3)cc2)cc1. The van der Waals surface area contributed by atoms with Gasteiger partial charge in [0, 0.05) is 43.2 Å². The molecule has 6 rings (SSSR count). The maximum Gasteiger partial charge on any atom is 0.249 e. The molecule has 1 aromatic heterocycles. The molecule has 0 aliphatic carbocycles. The minimum Gasteiger partial charge on any atom is -0.378 e. The van der Waals surface area contributed by atoms with Crippen LogP contribution in [0.25, 0.3) is 11.0 Å². The monoisotopic (exact) mass is 596 g/mol. The highest BCUT2D eigenvalue weighted by molar-refractivity contribution is 6.02. The normalized spacial score (nSPS) is 17.4. The van der Waals surface area contributed by atoms with Gasteiger partial charge in [-0.2, -0.15) is 0 Å². The third-order valence-electron chi connectivity index (χ3n) is 8.15. The Morgan fingerprint density at radius 3 is 2.43 bits per heavy atom. The number of ether oxygens (including phenoxy) is 2. The molecule has 1 N–H and O–H groups in total. The Morgan fingerprint density at radius 2 is 1.73 bits per heavy atom. The number of nitrogens with one attached hydrogen (secondary N) is 1. The van der Waals surface area contributed by atoms with E-state index < -0.39 is 6.04 Å². The van der Waals surface area contributed by atoms with E-state index >= 15 is 0 Å². The van der Waals surface area contributed by atoms with E-state index in [1.807, 2.05) is 48.5 Å². The fourth-order valence-corrected chi connectivity index (χ4v) is 5.76. The summed E-state index contributed by atoms with van der Waals surface area (Å²) in [5, 5.41) is 11.5. The Morgan fingerprint density at radius 1 is 0.977 bits per heavy atom. The van der Waals surface area contributed by atoms with E-state index in [9.17, 15) is 14.4 Å². The lowest BCUT2D eigenvalue weighted by atomic mass is 10.0. The van der Waals surface area contributed by atoms with E-state index in [4.69, 9.17) is 9.47 Å². The number of para-hydroxylation sites is 1. The molecular formula is C33H36N6O5. The Labute approximate surface area is 255 Å². The number of Topliss-reactive ketones (excluding diaryl/α,β-unsaturated/α-hetero) is 1. The molecule has 3 aromatic carbocycles. The number of carbonyl (C=O) groups excluding carboxylic acids is 3. The predicted molar refractivity (Wildman–Crippen MR) is 166 cm³/mol. The molecule has 228 valence electrons. The molecule has 2 saturated heterocycles. The molecule has 11 heteroatoms. The topological polar surface area (TPSA) is 119 Å². The molecule has 0 saturated carbocycles. The summed E-state index contributed by atoms with van der Waals surface area (Å²) in [6.07, 6.45) is 1.75. The number of carbonyl (C=O) groups is 3. The van der Waals surface area contributed by atoms with Crippen molar-refractivity contribution in [2.75, 3.05) is 49.3 Å². The van der Waals surface area contributed by atoms with E-state index in [2.05, 4.69) is 20.5 Å². The minimum absolute atomic E-state index is 0.0659. The molecule has 0 spiro atoms. The lowest BCUT2D eigenvalue weighted by Crippen LogP contribution is -2.46. The third kappa shape index (κ3) is 6.48. The zero-order chi connectivity index (χ0) is 30.5. The standard InChI is InChI=1S/C33H36N6O5/c1-23(40)24-8-14-27(15-9-24)39(31(41)22-38-30-7-3-2-6-29(30)35-36-38)32(33(42)34-21-28-5-4-18-44-28)25-10-12-26(13-11-25)37-16-19-43-20-17-37/h2-3,6-15,28,32H,4-5,16-22H2,1H3,(H,34,42)/t28-,32-/m1/s1. The molecule has 2 amide bonds. The summed E-state index contributed by atoms with van der Waals surface area (Å²) in [5.74, 6) is -0.772. The van der Waals surface area contributed by atoms with Crippen LogP contribution in [0.2, 0.25) is 0 Å². The van der Waals surface area contributed by atoms with Gasteiger partial charge in [-0.15, -0.1) is 5.10 Å². The average Bonchev–Trinajstić information content (AvgIpc) is 3.73. The first kappa shape index (κ1) is 29.5. The summed E-state index contributed by atoms with van der Waals surface area (Å²) in [5.41, 5.74) is 4.05. The van der Waals surface area contributed by atoms with Crippen molar-refractivity contribution in [2.45, 2.75) is 38.5 Å². The van der Waals surface area contributed by atoms with E-state index in [0.29, 0.717) is 54.2 Å². The van der Waals surface area contributed by atoms with Gasteiger partial charge >= 0.3 is 0 Å². The van der Waals surface area contributed by atoms with Crippen LogP contribution in [-0.4, -0.2) is 78.2 Å². The maximum absolute atomic E-state index is 14.3.